The van der Waals surface area contributed by atoms with E-state index in [9.17, 15) is 15.2 Å². The van der Waals surface area contributed by atoms with E-state index in [1.165, 1.54) is 0 Å². The number of nitriles is 1. The number of nitrogens with one attached hydrogen (secondary N) is 1. The van der Waals surface area contributed by atoms with Gasteiger partial charge in [-0.05, 0) is 17.7 Å². The van der Waals surface area contributed by atoms with Crippen LogP contribution >= 0.6 is 11.3 Å². The lowest BCUT2D eigenvalue weighted by Gasteiger charge is -2.27. The first kappa shape index (κ1) is 16.3. The van der Waals surface area contributed by atoms with Crippen molar-refractivity contribution in [1.29, 1.82) is 5.26 Å². The fourth-order valence-corrected chi connectivity index (χ4v) is 3.85. The predicted octanol–water partition coefficient (Wildman–Crippen LogP) is 2.62. The second-order valence-electron chi connectivity index (χ2n) is 5.20. The van der Waals surface area contributed by atoms with Gasteiger partial charge in [-0.1, -0.05) is 12.1 Å². The summed E-state index contributed by atoms with van der Waals surface area (Å²) in [4.78, 5) is 13.8. The molecule has 1 fully saturated rings. The van der Waals surface area contributed by atoms with Crippen LogP contribution in [0.5, 0.6) is 0 Å². The average Bonchev–Trinajstić information content (AvgIpc) is 3.02. The summed E-state index contributed by atoms with van der Waals surface area (Å²) in [6, 6.07) is 8.82. The number of rotatable bonds is 4. The first-order chi connectivity index (χ1) is 11.7. The summed E-state index contributed by atoms with van der Waals surface area (Å²) in [5, 5.41) is 29.0. The summed E-state index contributed by atoms with van der Waals surface area (Å²) >= 11 is 1.10. The highest BCUT2D eigenvalue weighted by Gasteiger charge is 2.27. The van der Waals surface area contributed by atoms with Gasteiger partial charge in [-0.25, -0.2) is 4.79 Å². The van der Waals surface area contributed by atoms with Crippen LogP contribution in [0.15, 0.2) is 24.3 Å². The number of carboxylic acids is 1. The Morgan fingerprint density at radius 1 is 1.38 bits per heavy atom. The minimum absolute atomic E-state index is 0.114. The minimum atomic E-state index is -1.08. The molecule has 0 atom stereocenters. The number of anilines is 2. The number of nitrogens with zero attached hydrogens (tertiary/aromatic N) is 2. The van der Waals surface area contributed by atoms with E-state index in [0.717, 1.165) is 11.3 Å². The van der Waals surface area contributed by atoms with Crippen molar-refractivity contribution in [3.05, 3.63) is 34.7 Å². The molecule has 24 heavy (non-hydrogen) atoms. The van der Waals surface area contributed by atoms with Crippen LogP contribution in [0.1, 0.15) is 15.2 Å². The highest BCUT2D eigenvalue weighted by atomic mass is 32.1. The second-order valence-corrected chi connectivity index (χ2v) is 6.19. The Balaban J connectivity index is 2.17. The lowest BCUT2D eigenvalue weighted by Crippen LogP contribution is -2.36. The van der Waals surface area contributed by atoms with E-state index < -0.39 is 5.97 Å². The van der Waals surface area contributed by atoms with Crippen molar-refractivity contribution in [2.75, 3.05) is 36.7 Å². The van der Waals surface area contributed by atoms with Gasteiger partial charge >= 0.3 is 5.97 Å². The summed E-state index contributed by atoms with van der Waals surface area (Å²) in [7, 11) is 0. The largest absolute Gasteiger partial charge is 0.477 e. The molecule has 3 N–H and O–H groups in total. The molecule has 7 nitrogen and oxygen atoms in total. The molecule has 0 saturated carbocycles. The number of benzene rings is 1. The average molecular weight is 345 g/mol. The van der Waals surface area contributed by atoms with Crippen molar-refractivity contribution in [2.24, 2.45) is 0 Å². The third-order valence-electron chi connectivity index (χ3n) is 3.77. The van der Waals surface area contributed by atoms with Crippen molar-refractivity contribution in [1.82, 2.24) is 0 Å². The Labute approximate surface area is 142 Å². The zero-order valence-corrected chi connectivity index (χ0v) is 13.5. The maximum atomic E-state index is 11.7. The van der Waals surface area contributed by atoms with Crippen molar-refractivity contribution in [2.45, 2.75) is 0 Å². The van der Waals surface area contributed by atoms with Gasteiger partial charge in [0.25, 0.3) is 0 Å². The zero-order valence-electron chi connectivity index (χ0n) is 12.7. The molecule has 124 valence electrons. The molecule has 1 aromatic carbocycles. The van der Waals surface area contributed by atoms with Crippen molar-refractivity contribution in [3.8, 4) is 17.2 Å². The SMILES string of the molecule is N#Cc1c(N2CCOCC2)sc(C(=O)O)c1-c1cccc(NO)c1. The standard InChI is InChI=1S/C16H15N3O4S/c17-9-12-13(10-2-1-3-11(8-10)18-22)14(16(20)21)24-15(12)19-4-6-23-7-5-19/h1-3,8,18,22H,4-7H2,(H,20,21). The summed E-state index contributed by atoms with van der Waals surface area (Å²) in [5.41, 5.74) is 3.76. The highest BCUT2D eigenvalue weighted by molar-refractivity contribution is 7.18. The first-order valence-corrected chi connectivity index (χ1v) is 8.10. The van der Waals surface area contributed by atoms with Gasteiger partial charge in [0.2, 0.25) is 0 Å². The Bertz CT molecular complexity index is 806. The van der Waals surface area contributed by atoms with Crippen LogP contribution in [0.25, 0.3) is 11.1 Å². The van der Waals surface area contributed by atoms with Crippen LogP contribution in [0.4, 0.5) is 10.7 Å². The maximum Gasteiger partial charge on any atom is 0.346 e. The summed E-state index contributed by atoms with van der Waals surface area (Å²) in [5.74, 6) is -1.08. The first-order valence-electron chi connectivity index (χ1n) is 7.29. The van der Waals surface area contributed by atoms with Crippen molar-refractivity contribution >= 4 is 28.0 Å². The Morgan fingerprint density at radius 2 is 2.12 bits per heavy atom. The van der Waals surface area contributed by atoms with E-state index in [2.05, 4.69) is 6.07 Å². The molecule has 2 aromatic rings. The molecule has 1 saturated heterocycles. The van der Waals surface area contributed by atoms with Crippen LogP contribution in [0, 0.1) is 11.3 Å². The van der Waals surface area contributed by atoms with Gasteiger partial charge in [0.05, 0.1) is 24.5 Å². The number of hydrogen-bond acceptors (Lipinski definition) is 7. The number of aromatic carboxylic acids is 1. The Hall–Kier alpha value is -2.60. The molecule has 0 amide bonds. The van der Waals surface area contributed by atoms with Gasteiger partial charge in [0, 0.05) is 18.7 Å². The molecule has 2 heterocycles. The normalized spacial score (nSPS) is 14.2. The maximum absolute atomic E-state index is 11.7. The van der Waals surface area contributed by atoms with Crippen LogP contribution in [-0.4, -0.2) is 42.6 Å². The molecule has 1 aromatic heterocycles. The summed E-state index contributed by atoms with van der Waals surface area (Å²) in [6.45, 7) is 2.33. The summed E-state index contributed by atoms with van der Waals surface area (Å²) in [6.07, 6.45) is 0. The molecule has 0 bridgehead atoms. The van der Waals surface area contributed by atoms with E-state index in [1.807, 2.05) is 10.4 Å². The molecule has 3 rings (SSSR count). The number of carboxylic acid groups (broad SMARTS) is 1. The van der Waals surface area contributed by atoms with Crippen LogP contribution < -0.4 is 10.4 Å². The van der Waals surface area contributed by atoms with E-state index in [1.54, 1.807) is 24.3 Å². The highest BCUT2D eigenvalue weighted by Crippen LogP contribution is 2.42. The van der Waals surface area contributed by atoms with Crippen molar-refractivity contribution in [3.63, 3.8) is 0 Å². The number of thiophene rings is 1. The van der Waals surface area contributed by atoms with Gasteiger partial charge < -0.3 is 14.7 Å². The van der Waals surface area contributed by atoms with Gasteiger partial charge in [0.1, 0.15) is 15.9 Å². The fraction of sp³-hybridized carbons (Fsp3) is 0.250. The van der Waals surface area contributed by atoms with Crippen molar-refractivity contribution < 1.29 is 19.8 Å². The Kier molecular flexibility index (Phi) is 4.66. The lowest BCUT2D eigenvalue weighted by molar-refractivity contribution is 0.0703. The van der Waals surface area contributed by atoms with Gasteiger partial charge in [-0.3, -0.25) is 10.7 Å². The number of morpholine rings is 1. The van der Waals surface area contributed by atoms with E-state index in [-0.39, 0.29) is 4.88 Å². The second kappa shape index (κ2) is 6.88. The third-order valence-corrected chi connectivity index (χ3v) is 5.01. The van der Waals surface area contributed by atoms with E-state index in [0.29, 0.717) is 53.7 Å². The van der Waals surface area contributed by atoms with Gasteiger partial charge in [-0.15, -0.1) is 11.3 Å². The van der Waals surface area contributed by atoms with Crippen LogP contribution in [0.2, 0.25) is 0 Å². The molecule has 8 heteroatoms. The molecule has 0 aliphatic carbocycles. The fourth-order valence-electron chi connectivity index (χ4n) is 2.68. The monoisotopic (exact) mass is 345 g/mol. The smallest absolute Gasteiger partial charge is 0.346 e. The number of carbonyl (C=O) groups is 1. The zero-order chi connectivity index (χ0) is 17.1. The Morgan fingerprint density at radius 3 is 2.75 bits per heavy atom. The minimum Gasteiger partial charge on any atom is -0.477 e. The van der Waals surface area contributed by atoms with Gasteiger partial charge in [-0.2, -0.15) is 5.26 Å². The quantitative estimate of drug-likeness (QED) is 0.731. The lowest BCUT2D eigenvalue weighted by atomic mass is 10.0. The molecule has 1 aliphatic rings. The molecular weight excluding hydrogens is 330 g/mol. The summed E-state index contributed by atoms with van der Waals surface area (Å²) < 4.78 is 5.32. The van der Waals surface area contributed by atoms with Crippen LogP contribution in [0.3, 0.4) is 0 Å². The molecule has 1 aliphatic heterocycles. The van der Waals surface area contributed by atoms with E-state index in [4.69, 9.17) is 9.94 Å². The van der Waals surface area contributed by atoms with Crippen LogP contribution in [-0.2, 0) is 4.74 Å². The topological polar surface area (TPSA) is 106 Å². The number of hydrogen-bond donors (Lipinski definition) is 3. The molecule has 0 spiro atoms. The molecule has 0 unspecified atom stereocenters. The predicted molar refractivity (Wildman–Crippen MR) is 89.9 cm³/mol. The van der Waals surface area contributed by atoms with E-state index >= 15 is 0 Å². The molecular formula is C16H15N3O4S. The molecule has 0 radical (unpaired) electrons. The van der Waals surface area contributed by atoms with Gasteiger partial charge in [0.15, 0.2) is 0 Å². The number of ether oxygens (including phenoxy) is 1. The third kappa shape index (κ3) is 2.92.